The molecule has 3 amide bonds. The van der Waals surface area contributed by atoms with Crippen molar-refractivity contribution in [2.75, 3.05) is 60.9 Å². The third-order valence-corrected chi connectivity index (χ3v) is 16.3. The smallest absolute Gasteiger partial charge is 0.253 e. The van der Waals surface area contributed by atoms with E-state index in [1.807, 2.05) is 148 Å². The number of benzene rings is 8. The van der Waals surface area contributed by atoms with Gasteiger partial charge in [-0.1, -0.05) is 84.9 Å². The predicted molar refractivity (Wildman–Crippen MR) is 340 cm³/mol. The topological polar surface area (TPSA) is 200 Å². The highest BCUT2D eigenvalue weighted by molar-refractivity contribution is 6.07. The fraction of sp³-hybridized carbons (Fsp3) is 0.200. The molecule has 1 saturated heterocycles. The van der Waals surface area contributed by atoms with E-state index >= 15 is 0 Å². The van der Waals surface area contributed by atoms with Crippen molar-refractivity contribution >= 4 is 68.0 Å². The molecule has 8 aromatic carbocycles. The van der Waals surface area contributed by atoms with Crippen LogP contribution in [-0.2, 0) is 6.42 Å². The van der Waals surface area contributed by atoms with Crippen LogP contribution < -0.4 is 10.6 Å². The quantitative estimate of drug-likeness (QED) is 0.0519. The summed E-state index contributed by atoms with van der Waals surface area (Å²) >= 11 is 0. The highest BCUT2D eigenvalue weighted by Gasteiger charge is 2.29. The number of Topliss-reactive ketones (excluding diaryl/α,β-unsaturated/α-hetero) is 1. The number of fused-ring (bicyclic) bond motifs is 4. The summed E-state index contributed by atoms with van der Waals surface area (Å²) < 4.78 is 0. The second kappa shape index (κ2) is 23.5. The third-order valence-electron chi connectivity index (χ3n) is 16.3. The lowest BCUT2D eigenvalue weighted by molar-refractivity contribution is 0.0783. The molecule has 0 spiro atoms. The van der Waals surface area contributed by atoms with Gasteiger partial charge >= 0.3 is 0 Å². The number of H-pyrrole nitrogens is 3. The first kappa shape index (κ1) is 55.1. The van der Waals surface area contributed by atoms with Gasteiger partial charge in [0.2, 0.25) is 0 Å². The molecule has 0 aliphatic carbocycles. The maximum Gasteiger partial charge on any atom is 0.253 e. The van der Waals surface area contributed by atoms with Crippen LogP contribution in [0.15, 0.2) is 175 Å². The van der Waals surface area contributed by atoms with E-state index in [2.05, 4.69) is 85.1 Å². The molecular formula is C70H64N12O4. The molecule has 5 heterocycles. The average Bonchev–Trinajstić information content (AvgIpc) is 3.85. The first-order valence-electron chi connectivity index (χ1n) is 29.1. The maximum absolute atomic E-state index is 13.8. The molecule has 3 aromatic heterocycles. The molecule has 0 radical (unpaired) electrons. The average molecular weight is 1140 g/mol. The molecule has 11 aromatic rings. The predicted octanol–water partition coefficient (Wildman–Crippen LogP) is 11.8. The molecule has 16 nitrogen and oxygen atoms in total. The lowest BCUT2D eigenvalue weighted by Gasteiger charge is -2.17. The molecule has 2 aliphatic rings. The van der Waals surface area contributed by atoms with Gasteiger partial charge in [0.1, 0.15) is 17.5 Å². The second-order valence-corrected chi connectivity index (χ2v) is 22.9. The molecule has 16 heteroatoms. The van der Waals surface area contributed by atoms with Crippen LogP contribution in [0.25, 0.3) is 89.5 Å². The van der Waals surface area contributed by atoms with E-state index in [1.165, 1.54) is 0 Å². The summed E-state index contributed by atoms with van der Waals surface area (Å²) in [7, 11) is 7.99. The third kappa shape index (κ3) is 11.7. The van der Waals surface area contributed by atoms with E-state index in [0.717, 1.165) is 120 Å². The van der Waals surface area contributed by atoms with Gasteiger partial charge in [-0.05, 0) is 166 Å². The van der Waals surface area contributed by atoms with Crippen LogP contribution in [-0.4, -0.2) is 141 Å². The van der Waals surface area contributed by atoms with E-state index in [-0.39, 0.29) is 29.5 Å². The summed E-state index contributed by atoms with van der Waals surface area (Å²) in [4.78, 5) is 88.6. The van der Waals surface area contributed by atoms with Gasteiger partial charge in [-0.15, -0.1) is 0 Å². The minimum absolute atomic E-state index is 0.0817. The number of nitrogens with zero attached hydrogens (tertiary/aromatic N) is 7. The fourth-order valence-electron chi connectivity index (χ4n) is 11.4. The van der Waals surface area contributed by atoms with Gasteiger partial charge in [0, 0.05) is 84.0 Å². The van der Waals surface area contributed by atoms with Crippen LogP contribution in [0.3, 0.4) is 0 Å². The van der Waals surface area contributed by atoms with Crippen LogP contribution in [0.2, 0.25) is 0 Å². The Morgan fingerprint density at radius 2 is 0.965 bits per heavy atom. The monoisotopic (exact) mass is 1140 g/mol. The number of hydrogen-bond donors (Lipinski definition) is 5. The molecule has 0 unspecified atom stereocenters. The van der Waals surface area contributed by atoms with E-state index in [0.29, 0.717) is 72.8 Å². The molecule has 0 bridgehead atoms. The lowest BCUT2D eigenvalue weighted by Crippen LogP contribution is -2.38. The minimum atomic E-state index is -0.194. The summed E-state index contributed by atoms with van der Waals surface area (Å²) in [5, 5.41) is 6.12. The second-order valence-electron chi connectivity index (χ2n) is 22.9. The highest BCUT2D eigenvalue weighted by Crippen LogP contribution is 2.35. The number of nitrogens with one attached hydrogen (secondary N) is 5. The Labute approximate surface area is 497 Å². The number of aromatic amines is 3. The van der Waals surface area contributed by atoms with Crippen molar-refractivity contribution in [1.82, 2.24) is 55.2 Å². The molecule has 428 valence electrons. The fourth-order valence-corrected chi connectivity index (χ4v) is 11.4. The van der Waals surface area contributed by atoms with Crippen molar-refractivity contribution in [2.45, 2.75) is 31.7 Å². The van der Waals surface area contributed by atoms with Crippen molar-refractivity contribution in [3.63, 3.8) is 0 Å². The maximum atomic E-state index is 13.8. The Kier molecular flexibility index (Phi) is 15.0. The molecule has 5 N–H and O–H groups in total. The van der Waals surface area contributed by atoms with Crippen LogP contribution in [0.4, 0.5) is 5.69 Å². The van der Waals surface area contributed by atoms with Crippen LogP contribution in [0, 0.1) is 0 Å². The van der Waals surface area contributed by atoms with Gasteiger partial charge in [0.15, 0.2) is 5.78 Å². The number of aromatic nitrogens is 6. The number of amides is 3. The van der Waals surface area contributed by atoms with E-state index < -0.39 is 0 Å². The zero-order valence-corrected chi connectivity index (χ0v) is 48.4. The highest BCUT2D eigenvalue weighted by atomic mass is 16.2. The van der Waals surface area contributed by atoms with Gasteiger partial charge in [-0.25, -0.2) is 15.0 Å². The van der Waals surface area contributed by atoms with Crippen molar-refractivity contribution in [1.29, 1.82) is 0 Å². The molecule has 86 heavy (non-hydrogen) atoms. The van der Waals surface area contributed by atoms with Crippen LogP contribution in [0.1, 0.15) is 71.8 Å². The summed E-state index contributed by atoms with van der Waals surface area (Å²) in [6.45, 7) is 3.20. The number of likely N-dealkylation sites (tertiary alicyclic amines) is 1. The zero-order chi connectivity index (χ0) is 59.0. The summed E-state index contributed by atoms with van der Waals surface area (Å²) in [6.07, 6.45) is 2.70. The van der Waals surface area contributed by atoms with Gasteiger partial charge in [0.05, 0.1) is 44.5 Å². The largest absolute Gasteiger partial charge is 0.351 e. The van der Waals surface area contributed by atoms with Gasteiger partial charge in [0.25, 0.3) is 17.7 Å². The normalized spacial score (nSPS) is 14.0. The number of aliphatic imine (C=N–C) groups is 1. The van der Waals surface area contributed by atoms with Crippen molar-refractivity contribution < 1.29 is 19.2 Å². The molecule has 1 fully saturated rings. The molecule has 0 saturated carbocycles. The number of hydrogen-bond acceptors (Lipinski definition) is 10. The molecule has 2 aliphatic heterocycles. The van der Waals surface area contributed by atoms with Crippen LogP contribution in [0.5, 0.6) is 0 Å². The summed E-state index contributed by atoms with van der Waals surface area (Å²) in [5.41, 5.74) is 18.5. The molecular weight excluding hydrogens is 1070 g/mol. The number of ketones is 1. The summed E-state index contributed by atoms with van der Waals surface area (Å²) in [6, 6.07) is 55.0. The Hall–Kier alpha value is -10.2. The molecule has 13 rings (SSSR count). The minimum Gasteiger partial charge on any atom is -0.351 e. The van der Waals surface area contributed by atoms with Gasteiger partial charge in [-0.2, -0.15) is 0 Å². The molecule has 1 atom stereocenters. The van der Waals surface area contributed by atoms with Gasteiger partial charge in [-0.3, -0.25) is 24.2 Å². The number of carbonyl (C=O) groups is 4. The zero-order valence-electron chi connectivity index (χ0n) is 48.4. The number of likely N-dealkylation sites (N-methyl/N-ethyl adjacent to an activating group) is 1. The number of imidazole rings is 3. The van der Waals surface area contributed by atoms with Crippen molar-refractivity contribution in [3.8, 4) is 56.4 Å². The number of carbonyl (C=O) groups excluding carboxylic acids is 4. The standard InChI is InChI=1S/C70H64N12O4/c1-80(2)33-5-6-64(83)43-9-11-44(12-10-43)65-74-58-29-25-52(38-62(58)78-65)53-26-30-59-63(39-53)79-67(76-59)46-15-21-49(22-16-46)70(86)82-34-31-55(41-82)72-69(85)48-19-13-45(14-20-48)66-75-57-28-24-51(37-61(57)77-66)50-23-27-56-54(36-50)40-60(73-56)42-7-17-47(18-8-42)68(84)71-32-35-81(3)4/h7-30,36-39,55H,5-6,31-35,40-41H2,1-4H3,(H,71,84)(H,72,85)(H,74,78)(H,75,77)(H,76,79)/t55-/m0/s1. The Balaban J connectivity index is 0.593. The van der Waals surface area contributed by atoms with Crippen molar-refractivity contribution in [2.24, 2.45) is 4.99 Å². The Morgan fingerprint density at radius 3 is 1.49 bits per heavy atom. The van der Waals surface area contributed by atoms with E-state index in [1.54, 1.807) is 4.90 Å². The first-order chi connectivity index (χ1) is 41.8. The lowest BCUT2D eigenvalue weighted by atomic mass is 9.98. The Morgan fingerprint density at radius 1 is 0.512 bits per heavy atom. The van der Waals surface area contributed by atoms with Gasteiger partial charge < -0.3 is 40.3 Å². The van der Waals surface area contributed by atoms with Crippen molar-refractivity contribution in [3.05, 3.63) is 203 Å². The Bertz CT molecular complexity index is 4420. The van der Waals surface area contributed by atoms with E-state index in [9.17, 15) is 19.2 Å². The SMILES string of the molecule is CN(C)CCCC(=O)c1ccc(-c2nc3ccc(-c4ccc5nc(-c6ccc(C(=O)N7CC[C@H](NC(=O)c8ccc(-c9nc%10ccc(-c%11ccc%12c(c%11)CC(c%11ccc(C(=O)NCCN(C)C)cc%11)=N%12)cc%10[nH]9)cc8)C7)cc6)[nH]c5c4)cc3[nH]2)cc1. The van der Waals surface area contributed by atoms with E-state index in [4.69, 9.17) is 19.9 Å². The summed E-state index contributed by atoms with van der Waals surface area (Å²) in [5.74, 6) is 1.94. The van der Waals surface area contributed by atoms with Crippen LogP contribution >= 0.6 is 0 Å². The number of rotatable bonds is 18. The first-order valence-corrected chi connectivity index (χ1v) is 29.1.